The largest absolute Gasteiger partial charge is 0.346 e. The van der Waals surface area contributed by atoms with Crippen LogP contribution in [-0.2, 0) is 0 Å². The second-order valence-electron chi connectivity index (χ2n) is 2.80. The number of carbonyl (C=O) groups excluding carboxylic acids is 1. The van der Waals surface area contributed by atoms with Crippen LogP contribution < -0.4 is 10.6 Å². The first-order valence-electron chi connectivity index (χ1n) is 3.88. The Kier molecular flexibility index (Phi) is 2.48. The Bertz CT molecular complexity index is 323. The maximum absolute atomic E-state index is 11.5. The molecule has 4 nitrogen and oxygen atoms in total. The molecule has 2 heterocycles. The third-order valence-electron chi connectivity index (χ3n) is 1.85. The lowest BCUT2D eigenvalue weighted by molar-refractivity contribution is 0.0928. The van der Waals surface area contributed by atoms with Crippen LogP contribution in [0, 0.1) is 0 Å². The monoisotopic (exact) mass is 217 g/mol. The van der Waals surface area contributed by atoms with Gasteiger partial charge in [-0.1, -0.05) is 11.6 Å². The van der Waals surface area contributed by atoms with E-state index in [2.05, 4.69) is 15.6 Å². The molecule has 0 atom stereocenters. The molecule has 2 rings (SSSR count). The minimum atomic E-state index is -0.126. The van der Waals surface area contributed by atoms with E-state index in [0.29, 0.717) is 4.88 Å². The standard InChI is InChI=1S/C7H8ClN3OS/c8-6-5(13-3-10-6)7(12)11-4-1-9-2-4/h3-4,9H,1-2H2,(H,11,12). The van der Waals surface area contributed by atoms with Gasteiger partial charge in [0.1, 0.15) is 4.88 Å². The van der Waals surface area contributed by atoms with Crippen LogP contribution in [0.3, 0.4) is 0 Å². The Hall–Kier alpha value is -0.650. The third kappa shape index (κ3) is 1.82. The van der Waals surface area contributed by atoms with Crippen molar-refractivity contribution in [3.63, 3.8) is 0 Å². The molecule has 0 saturated carbocycles. The number of nitrogens with one attached hydrogen (secondary N) is 2. The Labute approximate surface area is 84.3 Å². The van der Waals surface area contributed by atoms with Gasteiger partial charge in [0.25, 0.3) is 5.91 Å². The van der Waals surface area contributed by atoms with E-state index in [9.17, 15) is 4.79 Å². The van der Waals surface area contributed by atoms with Crippen molar-refractivity contribution in [1.82, 2.24) is 15.6 Å². The van der Waals surface area contributed by atoms with Gasteiger partial charge < -0.3 is 10.6 Å². The molecule has 1 fully saturated rings. The molecule has 1 aliphatic heterocycles. The molecule has 13 heavy (non-hydrogen) atoms. The maximum atomic E-state index is 11.5. The number of nitrogens with zero attached hydrogens (tertiary/aromatic N) is 1. The predicted octanol–water partition coefficient (Wildman–Crippen LogP) is 0.498. The molecule has 1 aliphatic rings. The lowest BCUT2D eigenvalue weighted by atomic mass is 10.2. The van der Waals surface area contributed by atoms with Gasteiger partial charge in [-0.2, -0.15) is 0 Å². The molecule has 1 amide bonds. The van der Waals surface area contributed by atoms with Gasteiger partial charge in [0.15, 0.2) is 5.15 Å². The van der Waals surface area contributed by atoms with Gasteiger partial charge in [0.2, 0.25) is 0 Å². The summed E-state index contributed by atoms with van der Waals surface area (Å²) in [7, 11) is 0. The summed E-state index contributed by atoms with van der Waals surface area (Å²) in [5.74, 6) is -0.126. The van der Waals surface area contributed by atoms with E-state index in [1.165, 1.54) is 11.3 Å². The molecule has 1 aromatic heterocycles. The molecule has 0 bridgehead atoms. The predicted molar refractivity (Wildman–Crippen MR) is 51.2 cm³/mol. The van der Waals surface area contributed by atoms with Crippen LogP contribution in [0.15, 0.2) is 5.51 Å². The number of aromatic nitrogens is 1. The van der Waals surface area contributed by atoms with Crippen molar-refractivity contribution < 1.29 is 4.79 Å². The van der Waals surface area contributed by atoms with Crippen LogP contribution >= 0.6 is 22.9 Å². The fraction of sp³-hybridized carbons (Fsp3) is 0.429. The number of rotatable bonds is 2. The summed E-state index contributed by atoms with van der Waals surface area (Å²) >= 11 is 6.96. The zero-order chi connectivity index (χ0) is 9.26. The third-order valence-corrected chi connectivity index (χ3v) is 3.07. The summed E-state index contributed by atoms with van der Waals surface area (Å²) in [6.45, 7) is 1.67. The quantitative estimate of drug-likeness (QED) is 0.759. The van der Waals surface area contributed by atoms with Crippen LogP contribution in [0.25, 0.3) is 0 Å². The van der Waals surface area contributed by atoms with Crippen LogP contribution in [0.5, 0.6) is 0 Å². The van der Waals surface area contributed by atoms with E-state index < -0.39 is 0 Å². The molecule has 0 unspecified atom stereocenters. The first-order chi connectivity index (χ1) is 6.27. The van der Waals surface area contributed by atoms with E-state index in [1.807, 2.05) is 0 Å². The Morgan fingerprint density at radius 1 is 1.77 bits per heavy atom. The second-order valence-corrected chi connectivity index (χ2v) is 4.01. The average Bonchev–Trinajstić information content (AvgIpc) is 2.43. The molecule has 0 aromatic carbocycles. The van der Waals surface area contributed by atoms with Crippen molar-refractivity contribution in [3.05, 3.63) is 15.5 Å². The highest BCUT2D eigenvalue weighted by Gasteiger charge is 2.21. The normalized spacial score (nSPS) is 16.7. The van der Waals surface area contributed by atoms with Gasteiger partial charge in [0.05, 0.1) is 11.6 Å². The molecule has 0 aliphatic carbocycles. The number of hydrogen-bond acceptors (Lipinski definition) is 4. The van der Waals surface area contributed by atoms with Gasteiger partial charge in [-0.3, -0.25) is 4.79 Å². The highest BCUT2D eigenvalue weighted by molar-refractivity contribution is 7.12. The topological polar surface area (TPSA) is 54.0 Å². The van der Waals surface area contributed by atoms with Crippen LogP contribution in [0.4, 0.5) is 0 Å². The second kappa shape index (κ2) is 3.61. The minimum absolute atomic E-state index is 0.126. The number of amides is 1. The zero-order valence-corrected chi connectivity index (χ0v) is 8.28. The van der Waals surface area contributed by atoms with Crippen LogP contribution in [0.2, 0.25) is 5.15 Å². The van der Waals surface area contributed by atoms with E-state index in [4.69, 9.17) is 11.6 Å². The first kappa shape index (κ1) is 8.93. The Morgan fingerprint density at radius 2 is 2.54 bits per heavy atom. The molecule has 1 aromatic rings. The Balaban J connectivity index is 2.00. The summed E-state index contributed by atoms with van der Waals surface area (Å²) < 4.78 is 0. The number of carbonyl (C=O) groups is 1. The average molecular weight is 218 g/mol. The van der Waals surface area contributed by atoms with Crippen LogP contribution in [0.1, 0.15) is 9.67 Å². The van der Waals surface area contributed by atoms with Crippen LogP contribution in [-0.4, -0.2) is 30.0 Å². The van der Waals surface area contributed by atoms with E-state index >= 15 is 0 Å². The van der Waals surface area contributed by atoms with Crippen molar-refractivity contribution in [2.75, 3.05) is 13.1 Å². The van der Waals surface area contributed by atoms with Gasteiger partial charge in [-0.05, 0) is 0 Å². The Morgan fingerprint density at radius 3 is 3.00 bits per heavy atom. The van der Waals surface area contributed by atoms with Gasteiger partial charge >= 0.3 is 0 Å². The number of halogens is 1. The fourth-order valence-corrected chi connectivity index (χ4v) is 1.93. The van der Waals surface area contributed by atoms with Gasteiger partial charge in [-0.25, -0.2) is 4.98 Å². The smallest absolute Gasteiger partial charge is 0.264 e. The highest BCUT2D eigenvalue weighted by Crippen LogP contribution is 2.18. The zero-order valence-electron chi connectivity index (χ0n) is 6.71. The SMILES string of the molecule is O=C(NC1CNC1)c1scnc1Cl. The molecule has 2 N–H and O–H groups in total. The molecule has 70 valence electrons. The number of hydrogen-bond donors (Lipinski definition) is 2. The molecule has 6 heteroatoms. The van der Waals surface area contributed by atoms with Crippen molar-refractivity contribution >= 4 is 28.8 Å². The van der Waals surface area contributed by atoms with E-state index in [1.54, 1.807) is 5.51 Å². The summed E-state index contributed by atoms with van der Waals surface area (Å²) in [5, 5.41) is 6.20. The van der Waals surface area contributed by atoms with Gasteiger partial charge in [-0.15, -0.1) is 11.3 Å². The molecular weight excluding hydrogens is 210 g/mol. The lowest BCUT2D eigenvalue weighted by Crippen LogP contribution is -2.56. The fourth-order valence-electron chi connectivity index (χ4n) is 1.02. The summed E-state index contributed by atoms with van der Waals surface area (Å²) in [6.07, 6.45) is 0. The summed E-state index contributed by atoms with van der Waals surface area (Å²) in [5.41, 5.74) is 1.57. The number of thiazole rings is 1. The molecule has 0 radical (unpaired) electrons. The maximum Gasteiger partial charge on any atom is 0.264 e. The molecule has 1 saturated heterocycles. The summed E-state index contributed by atoms with van der Waals surface area (Å²) in [6, 6.07) is 0.241. The molecular formula is C7H8ClN3OS. The highest BCUT2D eigenvalue weighted by atomic mass is 35.5. The van der Waals surface area contributed by atoms with E-state index in [0.717, 1.165) is 13.1 Å². The van der Waals surface area contributed by atoms with Crippen molar-refractivity contribution in [3.8, 4) is 0 Å². The first-order valence-corrected chi connectivity index (χ1v) is 5.13. The summed E-state index contributed by atoms with van der Waals surface area (Å²) in [4.78, 5) is 15.8. The minimum Gasteiger partial charge on any atom is -0.346 e. The van der Waals surface area contributed by atoms with Crippen molar-refractivity contribution in [2.45, 2.75) is 6.04 Å². The molecule has 0 spiro atoms. The van der Waals surface area contributed by atoms with Gasteiger partial charge in [0, 0.05) is 13.1 Å². The van der Waals surface area contributed by atoms with E-state index in [-0.39, 0.29) is 17.1 Å². The van der Waals surface area contributed by atoms with Crippen molar-refractivity contribution in [1.29, 1.82) is 0 Å². The lowest BCUT2D eigenvalue weighted by Gasteiger charge is -2.27. The van der Waals surface area contributed by atoms with Crippen molar-refractivity contribution in [2.24, 2.45) is 0 Å².